The van der Waals surface area contributed by atoms with E-state index < -0.39 is 5.82 Å². The average Bonchev–Trinajstić information content (AvgIpc) is 3.15. The summed E-state index contributed by atoms with van der Waals surface area (Å²) in [5.41, 5.74) is 1.99. The second kappa shape index (κ2) is 10.4. The van der Waals surface area contributed by atoms with Gasteiger partial charge in [0, 0.05) is 17.8 Å². The van der Waals surface area contributed by atoms with Gasteiger partial charge >= 0.3 is 0 Å². The number of aryl methyl sites for hydroxylation is 1. The highest BCUT2D eigenvalue weighted by Gasteiger charge is 2.15. The Morgan fingerprint density at radius 3 is 2.71 bits per heavy atom. The Labute approximate surface area is 188 Å². The molecule has 2 amide bonds. The van der Waals surface area contributed by atoms with Gasteiger partial charge in [-0.05, 0) is 44.2 Å². The van der Waals surface area contributed by atoms with Crippen LogP contribution in [0.5, 0.6) is 0 Å². The van der Waals surface area contributed by atoms with Crippen molar-refractivity contribution in [3.05, 3.63) is 70.3 Å². The molecule has 0 spiro atoms. The Bertz CT molecular complexity index is 1110. The van der Waals surface area contributed by atoms with E-state index in [0.717, 1.165) is 5.56 Å². The number of hydrogen-bond donors (Lipinski definition) is 2. The van der Waals surface area contributed by atoms with Gasteiger partial charge in [0.2, 0.25) is 5.91 Å². The molecule has 0 aliphatic heterocycles. The number of carbonyl (C=O) groups excluding carboxylic acids is 2. The number of benzene rings is 2. The highest BCUT2D eigenvalue weighted by Crippen LogP contribution is 2.21. The molecule has 0 saturated heterocycles. The van der Waals surface area contributed by atoms with Crippen LogP contribution in [0.2, 0.25) is 5.02 Å². The second-order valence-electron chi connectivity index (χ2n) is 6.66. The summed E-state index contributed by atoms with van der Waals surface area (Å²) < 4.78 is 15.1. The molecule has 31 heavy (non-hydrogen) atoms. The third-order valence-corrected chi connectivity index (χ3v) is 5.59. The van der Waals surface area contributed by atoms with E-state index in [4.69, 9.17) is 11.6 Å². The SMILES string of the molecule is CCn1c(CNC(=O)c2cccc(C)c2)nnc1SCC(=O)Nc1ccc(F)c(Cl)c1. The van der Waals surface area contributed by atoms with E-state index in [0.29, 0.717) is 28.8 Å². The minimum absolute atomic E-state index is 0.0615. The summed E-state index contributed by atoms with van der Waals surface area (Å²) in [4.78, 5) is 24.6. The number of aromatic nitrogens is 3. The molecule has 3 rings (SSSR count). The molecule has 0 unspecified atom stereocenters. The van der Waals surface area contributed by atoms with Crippen LogP contribution < -0.4 is 10.6 Å². The third-order valence-electron chi connectivity index (χ3n) is 4.33. The van der Waals surface area contributed by atoms with Gasteiger partial charge in [0.25, 0.3) is 5.91 Å². The number of thioether (sulfide) groups is 1. The van der Waals surface area contributed by atoms with Crippen molar-refractivity contribution in [1.82, 2.24) is 20.1 Å². The molecular weight excluding hydrogens is 441 g/mol. The van der Waals surface area contributed by atoms with Crippen LogP contribution in [0, 0.1) is 12.7 Å². The van der Waals surface area contributed by atoms with E-state index in [-0.39, 0.29) is 29.1 Å². The summed E-state index contributed by atoms with van der Waals surface area (Å²) in [7, 11) is 0. The molecule has 162 valence electrons. The first kappa shape index (κ1) is 22.8. The van der Waals surface area contributed by atoms with E-state index in [1.165, 1.54) is 30.0 Å². The van der Waals surface area contributed by atoms with Crippen LogP contribution in [-0.2, 0) is 17.9 Å². The minimum Gasteiger partial charge on any atom is -0.345 e. The van der Waals surface area contributed by atoms with E-state index >= 15 is 0 Å². The van der Waals surface area contributed by atoms with E-state index in [1.807, 2.05) is 36.6 Å². The highest BCUT2D eigenvalue weighted by atomic mass is 35.5. The molecular formula is C21H21ClFN5O2S. The molecule has 2 N–H and O–H groups in total. The standard InChI is InChI=1S/C21H21ClFN5O2S/c1-3-28-18(11-24-20(30)14-6-4-5-13(2)9-14)26-27-21(28)31-12-19(29)25-15-7-8-17(23)16(22)10-15/h4-10H,3,11-12H2,1-2H3,(H,24,30)(H,25,29). The van der Waals surface area contributed by atoms with Gasteiger partial charge in [-0.25, -0.2) is 4.39 Å². The number of rotatable bonds is 8. The van der Waals surface area contributed by atoms with Crippen molar-refractivity contribution in [3.63, 3.8) is 0 Å². The molecule has 2 aromatic carbocycles. The first-order chi connectivity index (χ1) is 14.9. The topological polar surface area (TPSA) is 88.9 Å². The molecule has 0 atom stereocenters. The molecule has 0 fully saturated rings. The van der Waals surface area contributed by atoms with Crippen LogP contribution in [0.4, 0.5) is 10.1 Å². The Morgan fingerprint density at radius 2 is 2.00 bits per heavy atom. The van der Waals surface area contributed by atoms with Gasteiger partial charge in [0.1, 0.15) is 5.82 Å². The van der Waals surface area contributed by atoms with Crippen molar-refractivity contribution in [1.29, 1.82) is 0 Å². The van der Waals surface area contributed by atoms with Crippen molar-refractivity contribution >= 4 is 40.9 Å². The number of amides is 2. The van der Waals surface area contributed by atoms with Crippen LogP contribution >= 0.6 is 23.4 Å². The Kier molecular flexibility index (Phi) is 7.64. The highest BCUT2D eigenvalue weighted by molar-refractivity contribution is 7.99. The maximum absolute atomic E-state index is 13.2. The fourth-order valence-corrected chi connectivity index (χ4v) is 3.82. The maximum Gasteiger partial charge on any atom is 0.251 e. The number of carbonyl (C=O) groups is 2. The monoisotopic (exact) mass is 461 g/mol. The lowest BCUT2D eigenvalue weighted by molar-refractivity contribution is -0.113. The Balaban J connectivity index is 1.57. The summed E-state index contributed by atoms with van der Waals surface area (Å²) in [6.07, 6.45) is 0. The zero-order valence-corrected chi connectivity index (χ0v) is 18.6. The van der Waals surface area contributed by atoms with Crippen LogP contribution in [0.3, 0.4) is 0 Å². The van der Waals surface area contributed by atoms with Gasteiger partial charge in [-0.2, -0.15) is 0 Å². The van der Waals surface area contributed by atoms with E-state index in [9.17, 15) is 14.0 Å². The average molecular weight is 462 g/mol. The van der Waals surface area contributed by atoms with E-state index in [1.54, 1.807) is 6.07 Å². The predicted octanol–water partition coefficient (Wildman–Crippen LogP) is 4.06. The largest absolute Gasteiger partial charge is 0.345 e. The molecule has 0 aliphatic rings. The number of halogens is 2. The quantitative estimate of drug-likeness (QED) is 0.494. The van der Waals surface area contributed by atoms with E-state index in [2.05, 4.69) is 20.8 Å². The Hall–Kier alpha value is -2.91. The summed E-state index contributed by atoms with van der Waals surface area (Å²) in [5, 5.41) is 14.3. The lowest BCUT2D eigenvalue weighted by Crippen LogP contribution is -2.25. The number of nitrogens with zero attached hydrogens (tertiary/aromatic N) is 3. The number of hydrogen-bond acceptors (Lipinski definition) is 5. The van der Waals surface area contributed by atoms with Crippen LogP contribution in [0.1, 0.15) is 28.7 Å². The molecule has 0 aliphatic carbocycles. The van der Waals surface area contributed by atoms with Crippen molar-refractivity contribution in [2.75, 3.05) is 11.1 Å². The fraction of sp³-hybridized carbons (Fsp3) is 0.238. The van der Waals surface area contributed by atoms with Gasteiger partial charge < -0.3 is 15.2 Å². The molecule has 7 nitrogen and oxygen atoms in total. The van der Waals surface area contributed by atoms with Gasteiger partial charge in [-0.3, -0.25) is 9.59 Å². The second-order valence-corrected chi connectivity index (χ2v) is 8.01. The lowest BCUT2D eigenvalue weighted by atomic mass is 10.1. The molecule has 1 aromatic heterocycles. The minimum atomic E-state index is -0.549. The van der Waals surface area contributed by atoms with Crippen LogP contribution in [0.25, 0.3) is 0 Å². The normalized spacial score (nSPS) is 10.7. The van der Waals surface area contributed by atoms with Gasteiger partial charge in [-0.15, -0.1) is 10.2 Å². The first-order valence-corrected chi connectivity index (χ1v) is 10.9. The van der Waals surface area contributed by atoms with Gasteiger partial charge in [0.05, 0.1) is 17.3 Å². The molecule has 0 bridgehead atoms. The summed E-state index contributed by atoms with van der Waals surface area (Å²) in [6, 6.07) is 11.3. The van der Waals surface area contributed by atoms with Crippen molar-refractivity contribution in [3.8, 4) is 0 Å². The number of nitrogens with one attached hydrogen (secondary N) is 2. The van der Waals surface area contributed by atoms with Crippen LogP contribution in [0.15, 0.2) is 47.6 Å². The van der Waals surface area contributed by atoms with Gasteiger partial charge in [0.15, 0.2) is 11.0 Å². The number of anilines is 1. The summed E-state index contributed by atoms with van der Waals surface area (Å²) in [5.74, 6) is -0.347. The fourth-order valence-electron chi connectivity index (χ4n) is 2.82. The molecule has 10 heteroatoms. The van der Waals surface area contributed by atoms with Crippen molar-refractivity contribution in [2.24, 2.45) is 0 Å². The summed E-state index contributed by atoms with van der Waals surface area (Å²) in [6.45, 7) is 4.66. The summed E-state index contributed by atoms with van der Waals surface area (Å²) >= 11 is 6.95. The zero-order valence-electron chi connectivity index (χ0n) is 17.0. The smallest absolute Gasteiger partial charge is 0.251 e. The van der Waals surface area contributed by atoms with Gasteiger partial charge in [-0.1, -0.05) is 41.1 Å². The van der Waals surface area contributed by atoms with Crippen LogP contribution in [-0.4, -0.2) is 32.3 Å². The first-order valence-electron chi connectivity index (χ1n) is 9.52. The van der Waals surface area contributed by atoms with Crippen molar-refractivity contribution in [2.45, 2.75) is 32.1 Å². The predicted molar refractivity (Wildman–Crippen MR) is 119 cm³/mol. The van der Waals surface area contributed by atoms with Crippen molar-refractivity contribution < 1.29 is 14.0 Å². The lowest BCUT2D eigenvalue weighted by Gasteiger charge is -2.09. The molecule has 0 saturated carbocycles. The molecule has 0 radical (unpaired) electrons. The Morgan fingerprint density at radius 1 is 1.19 bits per heavy atom. The zero-order chi connectivity index (χ0) is 22.4. The molecule has 3 aromatic rings. The molecule has 1 heterocycles. The third kappa shape index (κ3) is 6.05. The maximum atomic E-state index is 13.2.